The van der Waals surface area contributed by atoms with E-state index in [4.69, 9.17) is 0 Å². The first-order chi connectivity index (χ1) is 8.34. The smallest absolute Gasteiger partial charge is 0.279 e. The molecule has 5 nitrogen and oxygen atoms in total. The van der Waals surface area contributed by atoms with Gasteiger partial charge >= 0.3 is 0 Å². The number of rotatable bonds is 2. The lowest BCUT2D eigenvalue weighted by atomic mass is 10.2. The van der Waals surface area contributed by atoms with Gasteiger partial charge in [0.1, 0.15) is 6.33 Å². The van der Waals surface area contributed by atoms with Crippen molar-refractivity contribution in [3.63, 3.8) is 0 Å². The van der Waals surface area contributed by atoms with Crippen molar-refractivity contribution in [2.24, 2.45) is 0 Å². The number of benzene rings is 1. The Labute approximate surface area is 96.8 Å². The molecular formula is C12H10N4O. The fourth-order valence-electron chi connectivity index (χ4n) is 1.76. The number of nitrogens with one attached hydrogen (secondary N) is 1. The molecule has 0 aliphatic carbocycles. The van der Waals surface area contributed by atoms with E-state index in [2.05, 4.69) is 15.0 Å². The van der Waals surface area contributed by atoms with Crippen LogP contribution in [0.3, 0.4) is 0 Å². The molecule has 3 rings (SSSR count). The molecular weight excluding hydrogens is 216 g/mol. The van der Waals surface area contributed by atoms with Gasteiger partial charge in [0.15, 0.2) is 11.2 Å². The van der Waals surface area contributed by atoms with Crippen LogP contribution in [0.4, 0.5) is 0 Å². The van der Waals surface area contributed by atoms with Gasteiger partial charge in [-0.25, -0.2) is 9.97 Å². The number of hydrogen-bond donors (Lipinski definition) is 1. The van der Waals surface area contributed by atoms with Crippen LogP contribution in [-0.2, 0) is 6.54 Å². The second kappa shape index (κ2) is 3.86. The predicted molar refractivity (Wildman–Crippen MR) is 63.7 cm³/mol. The maximum Gasteiger partial charge on any atom is 0.279 e. The Hall–Kier alpha value is -2.43. The first kappa shape index (κ1) is 9.77. The molecule has 0 bridgehead atoms. The summed E-state index contributed by atoms with van der Waals surface area (Å²) in [4.78, 5) is 22.9. The van der Waals surface area contributed by atoms with Gasteiger partial charge in [0.2, 0.25) is 0 Å². The van der Waals surface area contributed by atoms with Crippen molar-refractivity contribution in [1.29, 1.82) is 0 Å². The van der Waals surface area contributed by atoms with Crippen molar-refractivity contribution in [2.75, 3.05) is 0 Å². The normalized spacial score (nSPS) is 10.8. The Kier molecular flexibility index (Phi) is 2.22. The third kappa shape index (κ3) is 1.71. The highest BCUT2D eigenvalue weighted by Gasteiger charge is 2.05. The van der Waals surface area contributed by atoms with E-state index in [9.17, 15) is 4.79 Å². The molecule has 0 unspecified atom stereocenters. The monoisotopic (exact) mass is 226 g/mol. The molecule has 17 heavy (non-hydrogen) atoms. The summed E-state index contributed by atoms with van der Waals surface area (Å²) in [7, 11) is 0. The van der Waals surface area contributed by atoms with Gasteiger partial charge in [-0.05, 0) is 5.56 Å². The highest BCUT2D eigenvalue weighted by atomic mass is 16.1. The highest BCUT2D eigenvalue weighted by molar-refractivity contribution is 5.67. The Morgan fingerprint density at radius 3 is 2.82 bits per heavy atom. The summed E-state index contributed by atoms with van der Waals surface area (Å²) in [6, 6.07) is 9.79. The van der Waals surface area contributed by atoms with E-state index in [1.54, 1.807) is 4.57 Å². The third-order valence-corrected chi connectivity index (χ3v) is 2.61. The fraction of sp³-hybridized carbons (Fsp3) is 0.0833. The molecule has 0 aliphatic heterocycles. The number of aromatic nitrogens is 4. The molecule has 0 aliphatic rings. The number of nitrogens with zero attached hydrogens (tertiary/aromatic N) is 3. The number of hydrogen-bond acceptors (Lipinski definition) is 3. The molecule has 0 amide bonds. The average Bonchev–Trinajstić information content (AvgIpc) is 2.83. The minimum absolute atomic E-state index is 0.101. The standard InChI is InChI=1S/C12H10N4O/c17-12-10-11(14-7-13-10)15-8-16(12)6-9-4-2-1-3-5-9/h1-5,7-8H,6H2,(H,13,14). The number of fused-ring (bicyclic) bond motifs is 1. The van der Waals surface area contributed by atoms with Crippen LogP contribution in [0.5, 0.6) is 0 Å². The molecule has 0 fully saturated rings. The van der Waals surface area contributed by atoms with Crippen LogP contribution in [0.1, 0.15) is 5.56 Å². The summed E-state index contributed by atoms with van der Waals surface area (Å²) in [5, 5.41) is 0. The van der Waals surface area contributed by atoms with Crippen molar-refractivity contribution < 1.29 is 0 Å². The molecule has 0 atom stereocenters. The van der Waals surface area contributed by atoms with Crippen molar-refractivity contribution in [1.82, 2.24) is 19.5 Å². The number of imidazole rings is 1. The van der Waals surface area contributed by atoms with Gasteiger partial charge in [0.05, 0.1) is 12.9 Å². The zero-order valence-corrected chi connectivity index (χ0v) is 9.00. The lowest BCUT2D eigenvalue weighted by Crippen LogP contribution is -2.21. The topological polar surface area (TPSA) is 63.6 Å². The molecule has 0 radical (unpaired) electrons. The van der Waals surface area contributed by atoms with E-state index in [0.29, 0.717) is 17.7 Å². The van der Waals surface area contributed by atoms with Crippen LogP contribution in [0.2, 0.25) is 0 Å². The zero-order chi connectivity index (χ0) is 11.7. The van der Waals surface area contributed by atoms with E-state index < -0.39 is 0 Å². The molecule has 0 spiro atoms. The van der Waals surface area contributed by atoms with E-state index >= 15 is 0 Å². The molecule has 3 aromatic rings. The minimum Gasteiger partial charge on any atom is -0.339 e. The molecule has 0 saturated carbocycles. The molecule has 0 saturated heterocycles. The molecule has 5 heteroatoms. The summed E-state index contributed by atoms with van der Waals surface area (Å²) in [6.07, 6.45) is 3.00. The maximum atomic E-state index is 12.0. The molecule has 84 valence electrons. The zero-order valence-electron chi connectivity index (χ0n) is 9.00. The third-order valence-electron chi connectivity index (χ3n) is 2.61. The lowest BCUT2D eigenvalue weighted by Gasteiger charge is -2.04. The first-order valence-corrected chi connectivity index (χ1v) is 5.27. The maximum absolute atomic E-state index is 12.0. The largest absolute Gasteiger partial charge is 0.339 e. The van der Waals surface area contributed by atoms with Crippen LogP contribution >= 0.6 is 0 Å². The van der Waals surface area contributed by atoms with Crippen LogP contribution < -0.4 is 5.56 Å². The van der Waals surface area contributed by atoms with Crippen LogP contribution in [0.25, 0.3) is 11.2 Å². The molecule has 1 N–H and O–H groups in total. The van der Waals surface area contributed by atoms with Crippen molar-refractivity contribution >= 4 is 11.2 Å². The van der Waals surface area contributed by atoms with Crippen molar-refractivity contribution in [3.05, 3.63) is 58.9 Å². The van der Waals surface area contributed by atoms with Gasteiger partial charge in [-0.3, -0.25) is 9.36 Å². The lowest BCUT2D eigenvalue weighted by molar-refractivity contribution is 0.746. The summed E-state index contributed by atoms with van der Waals surface area (Å²) >= 11 is 0. The van der Waals surface area contributed by atoms with Crippen molar-refractivity contribution in [3.8, 4) is 0 Å². The van der Waals surface area contributed by atoms with Gasteiger partial charge in [-0.2, -0.15) is 0 Å². The van der Waals surface area contributed by atoms with E-state index in [1.165, 1.54) is 12.7 Å². The Morgan fingerprint density at radius 1 is 1.18 bits per heavy atom. The quantitative estimate of drug-likeness (QED) is 0.713. The van der Waals surface area contributed by atoms with Crippen LogP contribution in [0, 0.1) is 0 Å². The van der Waals surface area contributed by atoms with E-state index in [-0.39, 0.29) is 5.56 Å². The van der Waals surface area contributed by atoms with Gasteiger partial charge < -0.3 is 4.98 Å². The molecule has 2 aromatic heterocycles. The summed E-state index contributed by atoms with van der Waals surface area (Å²) in [6.45, 7) is 0.516. The van der Waals surface area contributed by atoms with Crippen LogP contribution in [0.15, 0.2) is 47.8 Å². The second-order valence-corrected chi connectivity index (χ2v) is 3.76. The second-order valence-electron chi connectivity index (χ2n) is 3.76. The van der Waals surface area contributed by atoms with Gasteiger partial charge in [0.25, 0.3) is 5.56 Å². The van der Waals surface area contributed by atoms with Gasteiger partial charge in [0, 0.05) is 0 Å². The molecule has 1 aromatic carbocycles. The summed E-state index contributed by atoms with van der Waals surface area (Å²) in [5.74, 6) is 0. The number of H-pyrrole nitrogens is 1. The van der Waals surface area contributed by atoms with Gasteiger partial charge in [-0.1, -0.05) is 30.3 Å². The van der Waals surface area contributed by atoms with Gasteiger partial charge in [-0.15, -0.1) is 0 Å². The van der Waals surface area contributed by atoms with Crippen molar-refractivity contribution in [2.45, 2.75) is 6.54 Å². The van der Waals surface area contributed by atoms with E-state index in [1.807, 2.05) is 30.3 Å². The minimum atomic E-state index is -0.101. The molecule has 2 heterocycles. The summed E-state index contributed by atoms with van der Waals surface area (Å²) in [5.41, 5.74) is 1.87. The fourth-order valence-corrected chi connectivity index (χ4v) is 1.76. The van der Waals surface area contributed by atoms with E-state index in [0.717, 1.165) is 5.56 Å². The van der Waals surface area contributed by atoms with Crippen LogP contribution in [-0.4, -0.2) is 19.5 Å². The Balaban J connectivity index is 2.07. The Bertz CT molecular complexity index is 699. The SMILES string of the molecule is O=c1c2[nH]cnc2ncn1Cc1ccccc1. The Morgan fingerprint density at radius 2 is 2.00 bits per heavy atom. The number of aromatic amines is 1. The predicted octanol–water partition coefficient (Wildman–Crippen LogP) is 1.17. The highest BCUT2D eigenvalue weighted by Crippen LogP contribution is 2.02. The first-order valence-electron chi connectivity index (χ1n) is 5.27. The summed E-state index contributed by atoms with van der Waals surface area (Å²) < 4.78 is 1.57. The average molecular weight is 226 g/mol.